The summed E-state index contributed by atoms with van der Waals surface area (Å²) in [6, 6.07) is 23.8. The van der Waals surface area contributed by atoms with Gasteiger partial charge >= 0.3 is 253 Å². The van der Waals surface area contributed by atoms with E-state index in [9.17, 15) is 0 Å². The Morgan fingerprint density at radius 1 is 0.721 bits per heavy atom. The van der Waals surface area contributed by atoms with Gasteiger partial charge in [0.2, 0.25) is 0 Å². The van der Waals surface area contributed by atoms with Gasteiger partial charge in [-0.25, -0.2) is 0 Å². The van der Waals surface area contributed by atoms with Gasteiger partial charge in [-0.1, -0.05) is 0 Å². The second kappa shape index (κ2) is 11.4. The molecule has 3 heteroatoms. The summed E-state index contributed by atoms with van der Waals surface area (Å²) in [5.41, 5.74) is 12.0. The van der Waals surface area contributed by atoms with Gasteiger partial charge in [0.1, 0.15) is 0 Å². The zero-order chi connectivity index (χ0) is 30.4. The molecule has 0 heterocycles. The molecule has 0 saturated heterocycles. The predicted octanol–water partition coefficient (Wildman–Crippen LogP) is 10.7. The summed E-state index contributed by atoms with van der Waals surface area (Å²) in [5.74, 6) is 0.378. The zero-order valence-electron chi connectivity index (χ0n) is 28.7. The van der Waals surface area contributed by atoms with Crippen LogP contribution < -0.4 is 6.54 Å². The Hall–Kier alpha value is -1.53. The zero-order valence-corrected chi connectivity index (χ0v) is 32.7. The number of rotatable bonds is 3. The standard InChI is InChI=1S/C21H25.C11H17.C6H5.CH3.CH2.2ClH.Zr/c1-20(2,3)16-9-7-14-11-15-8-10-17(21(4,5)6)13-19(15)18(14)12-16;1-8-6-9(2)10(7-8)11(3,4)5;1-2-4-6-5-3-1;;;;;/h7,9-10,12-13H,11H2,1-6H3;7-8H,1-5H3;1-5H;1H3;1H2;2*1H;. The summed E-state index contributed by atoms with van der Waals surface area (Å²) in [7, 11) is 0. The van der Waals surface area contributed by atoms with Crippen LogP contribution in [0.15, 0.2) is 81.2 Å². The molecule has 43 heavy (non-hydrogen) atoms. The van der Waals surface area contributed by atoms with Gasteiger partial charge in [-0.05, 0) is 0 Å². The Morgan fingerprint density at radius 3 is 1.79 bits per heavy atom. The van der Waals surface area contributed by atoms with E-state index in [1.54, 1.807) is 6.55 Å². The molecule has 0 nitrogen and oxygen atoms in total. The van der Waals surface area contributed by atoms with Gasteiger partial charge in [0.05, 0.1) is 0 Å². The summed E-state index contributed by atoms with van der Waals surface area (Å²) in [5, 5.41) is 0. The fraction of sp³-hybridized carbons (Fsp3) is 0.425. The molecular weight excluding hydrogens is 643 g/mol. The van der Waals surface area contributed by atoms with Gasteiger partial charge in [0.25, 0.3) is 0 Å². The third-order valence-corrected chi connectivity index (χ3v) is 25.2. The molecule has 232 valence electrons. The Labute approximate surface area is 275 Å². The van der Waals surface area contributed by atoms with Crippen molar-refractivity contribution < 1.29 is 18.3 Å². The van der Waals surface area contributed by atoms with E-state index < -0.39 is 18.3 Å². The second-order valence-electron chi connectivity index (χ2n) is 16.6. The van der Waals surface area contributed by atoms with Gasteiger partial charge in [-0.3, -0.25) is 0 Å². The van der Waals surface area contributed by atoms with Crippen molar-refractivity contribution in [1.29, 1.82) is 0 Å². The van der Waals surface area contributed by atoms with Gasteiger partial charge in [0.15, 0.2) is 0 Å². The Bertz CT molecular complexity index is 1680. The van der Waals surface area contributed by atoms with E-state index in [2.05, 4.69) is 148 Å². The van der Waals surface area contributed by atoms with Crippen molar-refractivity contribution >= 4 is 35.6 Å². The predicted molar refractivity (Wildman–Crippen MR) is 195 cm³/mol. The van der Waals surface area contributed by atoms with Crippen molar-refractivity contribution in [3.05, 3.63) is 103 Å². The average molecular weight is 697 g/mol. The minimum atomic E-state index is -4.40. The monoisotopic (exact) mass is 694 g/mol. The van der Waals surface area contributed by atoms with Crippen LogP contribution in [-0.4, -0.2) is 4.21 Å². The van der Waals surface area contributed by atoms with Crippen LogP contribution in [0.3, 0.4) is 0 Å². The summed E-state index contributed by atoms with van der Waals surface area (Å²) < 4.78 is 12.9. The third-order valence-electron chi connectivity index (χ3n) is 10.3. The van der Waals surface area contributed by atoms with Crippen LogP contribution in [0, 0.1) is 11.3 Å². The first-order valence-electron chi connectivity index (χ1n) is 15.6. The quantitative estimate of drug-likeness (QED) is 0.200. The molecule has 1 atom stereocenters. The van der Waals surface area contributed by atoms with Crippen molar-refractivity contribution in [1.82, 2.24) is 0 Å². The molecule has 0 aliphatic heterocycles. The Morgan fingerprint density at radius 2 is 1.28 bits per heavy atom. The first-order valence-corrected chi connectivity index (χ1v) is 23.5. The van der Waals surface area contributed by atoms with E-state index >= 15 is 0 Å². The Balaban J connectivity index is 0.00000253. The van der Waals surface area contributed by atoms with Crippen LogP contribution in [0.4, 0.5) is 0 Å². The number of fused-ring (bicyclic) bond motifs is 3. The normalized spacial score (nSPS) is 17.1. The summed E-state index contributed by atoms with van der Waals surface area (Å²) in [6.07, 6.45) is 3.56. The minimum absolute atomic E-state index is 0. The fourth-order valence-corrected chi connectivity index (χ4v) is 22.9. The van der Waals surface area contributed by atoms with Crippen LogP contribution in [0.2, 0.25) is 4.63 Å². The maximum absolute atomic E-state index is 5.58. The topological polar surface area (TPSA) is 0 Å². The molecule has 0 amide bonds. The SMILES string of the molecule is Cl.Cl.[CH2]=[Zr]([CH3])([C]1=C(C)C(C(C)(C)C)=CC1C)([c]1ccccc1)[c]1cc(C(C)(C)C)cc2c1Cc1ccc(C(C)(C)C)cc1-2. The maximum atomic E-state index is 5.58. The molecule has 0 bridgehead atoms. The number of halogens is 2. The van der Waals surface area contributed by atoms with Crippen LogP contribution in [0.25, 0.3) is 11.1 Å². The van der Waals surface area contributed by atoms with Crippen LogP contribution in [0.5, 0.6) is 0 Å². The first kappa shape index (κ1) is 35.9. The number of allylic oxidation sites excluding steroid dienone is 4. The van der Waals surface area contributed by atoms with Crippen molar-refractivity contribution in [2.24, 2.45) is 11.3 Å². The Kier molecular flexibility index (Phi) is 9.51. The number of benzene rings is 3. The molecule has 0 radical (unpaired) electrons. The summed E-state index contributed by atoms with van der Waals surface area (Å²) in [6.45, 7) is 26.0. The van der Waals surface area contributed by atoms with Gasteiger partial charge in [-0.2, -0.15) is 0 Å². The summed E-state index contributed by atoms with van der Waals surface area (Å²) in [4.78, 5) is 0. The molecule has 3 aromatic carbocycles. The fourth-order valence-electron chi connectivity index (χ4n) is 8.00. The van der Waals surface area contributed by atoms with E-state index in [4.69, 9.17) is 4.21 Å². The van der Waals surface area contributed by atoms with E-state index in [1.807, 2.05) is 0 Å². The molecule has 0 spiro atoms. The van der Waals surface area contributed by atoms with Crippen LogP contribution in [0.1, 0.15) is 98.4 Å². The van der Waals surface area contributed by atoms with Crippen LogP contribution in [-0.2, 0) is 35.5 Å². The van der Waals surface area contributed by atoms with Crippen molar-refractivity contribution in [3.8, 4) is 11.1 Å². The molecule has 2 aliphatic rings. The van der Waals surface area contributed by atoms with Gasteiger partial charge in [0, 0.05) is 0 Å². The molecule has 0 N–H and O–H groups in total. The van der Waals surface area contributed by atoms with E-state index in [0.717, 1.165) is 6.42 Å². The van der Waals surface area contributed by atoms with E-state index in [0.29, 0.717) is 5.92 Å². The molecule has 0 saturated carbocycles. The van der Waals surface area contributed by atoms with Crippen LogP contribution >= 0.6 is 24.8 Å². The van der Waals surface area contributed by atoms with Gasteiger partial charge < -0.3 is 0 Å². The van der Waals surface area contributed by atoms with Crippen molar-refractivity contribution in [2.75, 3.05) is 0 Å². The van der Waals surface area contributed by atoms with Crippen molar-refractivity contribution in [2.45, 2.75) is 98.0 Å². The number of hydrogen-bond acceptors (Lipinski definition) is 0. The van der Waals surface area contributed by atoms with Crippen molar-refractivity contribution in [3.63, 3.8) is 0 Å². The molecular formula is C40H54Cl2Zr. The molecule has 1 unspecified atom stereocenters. The summed E-state index contributed by atoms with van der Waals surface area (Å²) >= 11 is -4.40. The van der Waals surface area contributed by atoms with E-state index in [-0.39, 0.29) is 41.1 Å². The number of hydrogen-bond donors (Lipinski definition) is 0. The average Bonchev–Trinajstić information content (AvgIpc) is 3.39. The van der Waals surface area contributed by atoms with Gasteiger partial charge in [-0.15, -0.1) is 24.8 Å². The van der Waals surface area contributed by atoms with E-state index in [1.165, 1.54) is 47.8 Å². The molecule has 3 aromatic rings. The molecule has 0 aromatic heterocycles. The molecule has 2 aliphatic carbocycles. The third kappa shape index (κ3) is 5.82. The molecule has 0 fully saturated rings. The second-order valence-corrected chi connectivity index (χ2v) is 30.6. The molecule has 5 rings (SSSR count). The first-order chi connectivity index (χ1) is 18.7.